The van der Waals surface area contributed by atoms with Crippen molar-refractivity contribution in [2.75, 3.05) is 160 Å². The number of nitrogens with zero attached hydrogens (tertiary/aromatic N) is 16. The molecular formula is C86H87N17O8. The molecule has 25 heteroatoms. The number of aromatic amines is 1. The van der Waals surface area contributed by atoms with Gasteiger partial charge in [-0.15, -0.1) is 0 Å². The topological polar surface area (TPSA) is 240 Å². The van der Waals surface area contributed by atoms with E-state index < -0.39 is 0 Å². The Bertz CT molecular complexity index is 5860. The fraction of sp³-hybridized carbons (Fsp3) is 0.407. The van der Waals surface area contributed by atoms with Crippen LogP contribution in [0.1, 0.15) is 64.6 Å². The van der Waals surface area contributed by atoms with E-state index in [9.17, 15) is 0 Å². The van der Waals surface area contributed by atoms with Gasteiger partial charge in [-0.1, -0.05) is 72.8 Å². The molecule has 9 aliphatic heterocycles. The lowest BCUT2D eigenvalue weighted by Gasteiger charge is -2.57. The van der Waals surface area contributed by atoms with Gasteiger partial charge in [0, 0.05) is 144 Å². The minimum Gasteiger partial charge on any atom is -0.432 e. The molecule has 2 aliphatic carbocycles. The van der Waals surface area contributed by atoms with Gasteiger partial charge in [0.05, 0.1) is 87.3 Å². The van der Waals surface area contributed by atoms with E-state index in [0.29, 0.717) is 91.3 Å². The number of rotatable bonds is 12. The number of H-pyrrole nitrogens is 1. The average Bonchev–Trinajstić information content (AvgIpc) is 1.42. The number of fused-ring (bicyclic) bond motifs is 14. The van der Waals surface area contributed by atoms with Crippen LogP contribution in [-0.4, -0.2) is 232 Å². The van der Waals surface area contributed by atoms with Gasteiger partial charge in [-0.05, 0) is 133 Å². The number of hydrogen-bond donors (Lipinski definition) is 1. The third-order valence-corrected chi connectivity index (χ3v) is 25.1. The summed E-state index contributed by atoms with van der Waals surface area (Å²) in [5, 5.41) is 3.95. The summed E-state index contributed by atoms with van der Waals surface area (Å²) in [6, 6.07) is 28.3. The number of anilines is 3. The molecule has 1 unspecified atom stereocenters. The standard InChI is InChI=1S/C31H34N6O2.C28H27N5O3.C27H26N6O3/c1-35-10-8-31(19-35)9-11-36(20-31)18-21-16-25-26-27(39-30(25)32-17-21)29(37-12-14-38-15-13-37)34-28(33-26)24-7-3-5-22-4-2-6-23(22)24;1-3-19-4-2-6-21(20(19)5-1)25-30-23-22-13-18(15-33-8-7-28(33)16-35-17-28)14-29-27(22)36-24(23)26(31-25)32-9-11-34-12-10-32;1-2-20(19-4-5-28-22(19)3-1)25-30-23-21-10-16(13-33-14-18-11-17(33)15-35-18)12-29-27(21)36-24(23)26(31-25)32-6-8-34-9-7-32/h2-3,5-7,16-17H,4,8-15,18-20H2,1H3;1-2,4-6,13-14H,3,7-12,15-17H2;1-5,10,12,17-18,28H,6-9,11,13-15H2/t;;17-,18-/m..1/s1. The maximum Gasteiger partial charge on any atom is 0.229 e. The van der Waals surface area contributed by atoms with E-state index in [1.807, 2.05) is 30.9 Å². The number of hydrogen-bond acceptors (Lipinski definition) is 24. The predicted molar refractivity (Wildman–Crippen MR) is 426 cm³/mol. The summed E-state index contributed by atoms with van der Waals surface area (Å²) in [4.78, 5) is 64.9. The van der Waals surface area contributed by atoms with Crippen molar-refractivity contribution in [2.24, 2.45) is 5.41 Å². The fourth-order valence-corrected chi connectivity index (χ4v) is 19.1. The van der Waals surface area contributed by atoms with Gasteiger partial charge in [0.15, 0.2) is 51.7 Å². The number of nitrogens with one attached hydrogen (secondary N) is 1. The molecule has 1 N–H and O–H groups in total. The van der Waals surface area contributed by atoms with E-state index in [-0.39, 0.29) is 5.54 Å². The van der Waals surface area contributed by atoms with Crippen LogP contribution in [0.5, 0.6) is 0 Å². The molecule has 0 radical (unpaired) electrons. The van der Waals surface area contributed by atoms with Gasteiger partial charge in [0.1, 0.15) is 16.6 Å². The smallest absolute Gasteiger partial charge is 0.229 e. The molecule has 3 atom stereocenters. The van der Waals surface area contributed by atoms with Crippen molar-refractivity contribution in [3.8, 4) is 34.2 Å². The van der Waals surface area contributed by atoms with Crippen molar-refractivity contribution in [2.45, 2.75) is 75.8 Å². The second kappa shape index (κ2) is 27.6. The van der Waals surface area contributed by atoms with Gasteiger partial charge in [-0.3, -0.25) is 14.7 Å². The molecular weight excluding hydrogens is 1400 g/mol. The third kappa shape index (κ3) is 12.2. The summed E-state index contributed by atoms with van der Waals surface area (Å²) in [5.74, 6) is 4.63. The van der Waals surface area contributed by atoms with Crippen LogP contribution in [-0.2, 0) is 56.2 Å². The van der Waals surface area contributed by atoms with E-state index >= 15 is 0 Å². The van der Waals surface area contributed by atoms with Crippen LogP contribution in [0.15, 0.2) is 129 Å². The van der Waals surface area contributed by atoms with E-state index in [1.54, 1.807) is 0 Å². The number of morpholine rings is 4. The number of likely N-dealkylation sites (tertiary alicyclic amines) is 4. The van der Waals surface area contributed by atoms with Crippen molar-refractivity contribution >= 4 is 107 Å². The summed E-state index contributed by atoms with van der Waals surface area (Å²) >= 11 is 0. The Morgan fingerprint density at radius 1 is 0.495 bits per heavy atom. The Balaban J connectivity index is 0.000000102. The second-order valence-electron chi connectivity index (χ2n) is 32.2. The molecule has 24 rings (SSSR count). The molecule has 111 heavy (non-hydrogen) atoms. The molecule has 25 nitrogen and oxygen atoms in total. The predicted octanol–water partition coefficient (Wildman–Crippen LogP) is 11.9. The zero-order chi connectivity index (χ0) is 73.3. The van der Waals surface area contributed by atoms with Crippen LogP contribution in [0.4, 0.5) is 17.5 Å². The zero-order valence-electron chi connectivity index (χ0n) is 62.4. The number of benzene rings is 3. The van der Waals surface area contributed by atoms with E-state index in [1.165, 1.54) is 77.8 Å². The normalized spacial score (nSPS) is 22.3. The Hall–Kier alpha value is -10.2. The summed E-state index contributed by atoms with van der Waals surface area (Å²) < 4.78 is 47.2. The summed E-state index contributed by atoms with van der Waals surface area (Å²) in [7, 11) is 2.25. The van der Waals surface area contributed by atoms with E-state index in [0.717, 1.165) is 213 Å². The van der Waals surface area contributed by atoms with Gasteiger partial charge in [0.2, 0.25) is 17.1 Å². The molecule has 10 aromatic heterocycles. The summed E-state index contributed by atoms with van der Waals surface area (Å²) in [5.41, 5.74) is 20.0. The molecule has 9 saturated heterocycles. The highest BCUT2D eigenvalue weighted by Gasteiger charge is 2.51. The molecule has 13 aromatic rings. The minimum atomic E-state index is 0.244. The van der Waals surface area contributed by atoms with E-state index in [2.05, 4.69) is 143 Å². The number of pyridine rings is 3. The number of allylic oxidation sites excluding steroid dienone is 2. The lowest BCUT2D eigenvalue weighted by atomic mass is 9.82. The van der Waals surface area contributed by atoms with Gasteiger partial charge >= 0.3 is 0 Å². The van der Waals surface area contributed by atoms with Gasteiger partial charge in [-0.25, -0.2) is 44.9 Å². The van der Waals surface area contributed by atoms with Crippen molar-refractivity contribution in [3.63, 3.8) is 0 Å². The number of ether oxygens (including phenoxy) is 5. The van der Waals surface area contributed by atoms with Crippen molar-refractivity contribution in [3.05, 3.63) is 155 Å². The van der Waals surface area contributed by atoms with Crippen molar-refractivity contribution < 1.29 is 36.9 Å². The van der Waals surface area contributed by atoms with Crippen LogP contribution in [0, 0.1) is 5.41 Å². The first-order valence-corrected chi connectivity index (χ1v) is 39.7. The molecule has 0 saturated carbocycles. The van der Waals surface area contributed by atoms with Crippen LogP contribution in [0.3, 0.4) is 0 Å². The lowest BCUT2D eigenvalue weighted by Crippen LogP contribution is -2.70. The van der Waals surface area contributed by atoms with Crippen LogP contribution >= 0.6 is 0 Å². The Kier molecular flexibility index (Phi) is 16.8. The Labute approximate surface area is 640 Å². The molecule has 19 heterocycles. The summed E-state index contributed by atoms with van der Waals surface area (Å²) in [6.07, 6.45) is 23.8. The largest absolute Gasteiger partial charge is 0.432 e. The number of furan rings is 3. The number of aromatic nitrogens is 10. The zero-order valence-corrected chi connectivity index (χ0v) is 62.4. The summed E-state index contributed by atoms with van der Waals surface area (Å²) in [6.45, 7) is 20.7. The third-order valence-electron chi connectivity index (χ3n) is 25.1. The molecule has 2 bridgehead atoms. The molecule has 9 fully saturated rings. The Morgan fingerprint density at radius 2 is 1.01 bits per heavy atom. The van der Waals surface area contributed by atoms with Crippen molar-refractivity contribution in [1.82, 2.24) is 69.4 Å². The lowest BCUT2D eigenvalue weighted by molar-refractivity contribution is -0.195. The second-order valence-corrected chi connectivity index (χ2v) is 32.2. The average molecular weight is 1490 g/mol. The van der Waals surface area contributed by atoms with Crippen LogP contribution in [0.25, 0.3) is 124 Å². The van der Waals surface area contributed by atoms with Crippen molar-refractivity contribution in [1.29, 1.82) is 0 Å². The van der Waals surface area contributed by atoms with Crippen LogP contribution in [0.2, 0.25) is 0 Å². The molecule has 564 valence electrons. The fourth-order valence-electron chi connectivity index (χ4n) is 19.1. The molecule has 3 aromatic carbocycles. The first kappa shape index (κ1) is 67.7. The molecule has 0 amide bonds. The highest BCUT2D eigenvalue weighted by Crippen LogP contribution is 2.45. The quantitative estimate of drug-likeness (QED) is 0.120. The van der Waals surface area contributed by atoms with Crippen LogP contribution < -0.4 is 14.7 Å². The molecule has 11 aliphatic rings. The van der Waals surface area contributed by atoms with Gasteiger partial charge in [0.25, 0.3) is 0 Å². The SMILES string of the molecule is C1=Cc2c(cccc2-c2nc(N3CCOCC3)c3oc4ncc(CN5CCC56COC6)cc4c3n2)C1.CN1CCC2(CCN(Cc3cnc4oc5c(N6CCOCC6)nc(-c6cccc7c6C=CC7)nc5c4c3)C2)C1.c1cc(-c2nc(N3CCOCC3)c3oc4ncc(CN5C[C@H]6C[C@@H]5CO6)cc4c3n2)c2cc[nH]c2c1. The maximum absolute atomic E-state index is 6.38. The molecule has 2 spiro atoms. The first-order chi connectivity index (χ1) is 54.7. The van der Waals surface area contributed by atoms with Gasteiger partial charge < -0.3 is 61.5 Å². The maximum atomic E-state index is 6.38. The van der Waals surface area contributed by atoms with E-state index in [4.69, 9.17) is 81.8 Å². The monoisotopic (exact) mass is 1490 g/mol. The highest BCUT2D eigenvalue weighted by atomic mass is 16.5. The minimum absolute atomic E-state index is 0.244. The Morgan fingerprint density at radius 3 is 1.50 bits per heavy atom. The first-order valence-electron chi connectivity index (χ1n) is 39.7. The highest BCUT2D eigenvalue weighted by molar-refractivity contribution is 6.08. The van der Waals surface area contributed by atoms with Gasteiger partial charge in [-0.2, -0.15) is 0 Å².